The van der Waals surface area contributed by atoms with Crippen LogP contribution in [0.4, 0.5) is 5.69 Å². The molecule has 0 saturated carbocycles. The zero-order chi connectivity index (χ0) is 9.52. The van der Waals surface area contributed by atoms with E-state index in [2.05, 4.69) is 11.4 Å². The Morgan fingerprint density at radius 2 is 2.38 bits per heavy atom. The highest BCUT2D eigenvalue weighted by molar-refractivity contribution is 5.48. The van der Waals surface area contributed by atoms with Crippen molar-refractivity contribution in [2.75, 3.05) is 19.0 Å². The predicted molar refractivity (Wildman–Crippen MR) is 51.7 cm³/mol. The highest BCUT2D eigenvalue weighted by Crippen LogP contribution is 2.16. The van der Waals surface area contributed by atoms with Crippen molar-refractivity contribution in [1.82, 2.24) is 0 Å². The molecule has 0 aliphatic rings. The highest BCUT2D eigenvalue weighted by atomic mass is 16.5. The normalized spacial score (nSPS) is 8.92. The molecular weight excluding hydrogens is 164 g/mol. The summed E-state index contributed by atoms with van der Waals surface area (Å²) in [7, 11) is 1.63. The molecule has 13 heavy (non-hydrogen) atoms. The van der Waals surface area contributed by atoms with E-state index in [-0.39, 0.29) is 0 Å². The number of hydrogen-bond donors (Lipinski definition) is 1. The first kappa shape index (κ1) is 9.40. The molecule has 68 valence electrons. The molecule has 0 aromatic heterocycles. The Kier molecular flexibility index (Phi) is 3.65. The number of hydrogen-bond acceptors (Lipinski definition) is 3. The number of ether oxygens (including phenoxy) is 1. The first-order valence-electron chi connectivity index (χ1n) is 4.11. The van der Waals surface area contributed by atoms with Gasteiger partial charge in [-0.2, -0.15) is 5.26 Å². The average molecular weight is 176 g/mol. The van der Waals surface area contributed by atoms with Crippen molar-refractivity contribution < 1.29 is 4.74 Å². The average Bonchev–Trinajstić information content (AvgIpc) is 2.19. The summed E-state index contributed by atoms with van der Waals surface area (Å²) in [4.78, 5) is 0. The molecule has 1 N–H and O–H groups in total. The molecule has 3 nitrogen and oxygen atoms in total. The van der Waals surface area contributed by atoms with Gasteiger partial charge in [0.25, 0.3) is 0 Å². The number of nitrogens with one attached hydrogen (secondary N) is 1. The van der Waals surface area contributed by atoms with Crippen LogP contribution in [0.1, 0.15) is 6.42 Å². The monoisotopic (exact) mass is 176 g/mol. The van der Waals surface area contributed by atoms with Crippen LogP contribution in [0.15, 0.2) is 24.3 Å². The summed E-state index contributed by atoms with van der Waals surface area (Å²) in [5, 5.41) is 11.4. The fourth-order valence-corrected chi connectivity index (χ4v) is 0.996. The second-order valence-corrected chi connectivity index (χ2v) is 2.57. The number of methoxy groups -OCH3 is 1. The van der Waals surface area contributed by atoms with Gasteiger partial charge in [0.2, 0.25) is 0 Å². The van der Waals surface area contributed by atoms with Gasteiger partial charge in [-0.3, -0.25) is 0 Å². The summed E-state index contributed by atoms with van der Waals surface area (Å²) < 4.78 is 5.06. The van der Waals surface area contributed by atoms with Crippen LogP contribution in [-0.4, -0.2) is 13.7 Å². The summed E-state index contributed by atoms with van der Waals surface area (Å²) in [6.45, 7) is 0.670. The summed E-state index contributed by atoms with van der Waals surface area (Å²) in [5.74, 6) is 0.821. The van der Waals surface area contributed by atoms with Crippen LogP contribution >= 0.6 is 0 Å². The molecule has 0 radical (unpaired) electrons. The first-order valence-corrected chi connectivity index (χ1v) is 4.11. The molecule has 3 heteroatoms. The Morgan fingerprint density at radius 1 is 1.54 bits per heavy atom. The van der Waals surface area contributed by atoms with Gasteiger partial charge < -0.3 is 10.1 Å². The predicted octanol–water partition coefficient (Wildman–Crippen LogP) is 2.02. The first-order chi connectivity index (χ1) is 6.36. The highest BCUT2D eigenvalue weighted by Gasteiger charge is 1.93. The maximum absolute atomic E-state index is 8.33. The fraction of sp³-hybridized carbons (Fsp3) is 0.300. The van der Waals surface area contributed by atoms with E-state index in [0.29, 0.717) is 13.0 Å². The molecule has 0 unspecified atom stereocenters. The second kappa shape index (κ2) is 5.04. The Balaban J connectivity index is 2.52. The molecule has 1 rings (SSSR count). The van der Waals surface area contributed by atoms with Crippen LogP contribution in [0.3, 0.4) is 0 Å². The third kappa shape index (κ3) is 3.04. The minimum Gasteiger partial charge on any atom is -0.497 e. The van der Waals surface area contributed by atoms with Gasteiger partial charge >= 0.3 is 0 Å². The van der Waals surface area contributed by atoms with Crippen LogP contribution in [0, 0.1) is 11.3 Å². The topological polar surface area (TPSA) is 45.0 Å². The smallest absolute Gasteiger partial charge is 0.120 e. The van der Waals surface area contributed by atoms with Crippen LogP contribution in [-0.2, 0) is 0 Å². The summed E-state index contributed by atoms with van der Waals surface area (Å²) in [6.07, 6.45) is 0.511. The molecule has 0 fully saturated rings. The molecule has 1 aromatic carbocycles. The van der Waals surface area contributed by atoms with E-state index >= 15 is 0 Å². The van der Waals surface area contributed by atoms with E-state index < -0.39 is 0 Å². The SMILES string of the molecule is COc1cccc(NCCC#N)c1. The Labute approximate surface area is 77.9 Å². The van der Waals surface area contributed by atoms with Gasteiger partial charge in [0.15, 0.2) is 0 Å². The minimum absolute atomic E-state index is 0.511. The molecule has 0 saturated heterocycles. The zero-order valence-electron chi connectivity index (χ0n) is 7.58. The third-order valence-electron chi connectivity index (χ3n) is 1.64. The van der Waals surface area contributed by atoms with Gasteiger partial charge in [-0.05, 0) is 12.1 Å². The van der Waals surface area contributed by atoms with E-state index in [0.717, 1.165) is 11.4 Å². The van der Waals surface area contributed by atoms with Crippen molar-refractivity contribution >= 4 is 5.69 Å². The van der Waals surface area contributed by atoms with Gasteiger partial charge in [0.1, 0.15) is 5.75 Å². The minimum atomic E-state index is 0.511. The van der Waals surface area contributed by atoms with Gasteiger partial charge in [-0.25, -0.2) is 0 Å². The zero-order valence-corrected chi connectivity index (χ0v) is 7.58. The Morgan fingerprint density at radius 3 is 3.08 bits per heavy atom. The second-order valence-electron chi connectivity index (χ2n) is 2.57. The Bertz CT molecular complexity index is 304. The molecule has 0 bridgehead atoms. The molecule has 0 atom stereocenters. The number of nitriles is 1. The van der Waals surface area contributed by atoms with Crippen molar-refractivity contribution in [3.05, 3.63) is 24.3 Å². The van der Waals surface area contributed by atoms with Gasteiger partial charge in [0, 0.05) is 18.3 Å². The van der Waals surface area contributed by atoms with Crippen LogP contribution in [0.5, 0.6) is 5.75 Å². The number of anilines is 1. The molecule has 0 spiro atoms. The fourth-order valence-electron chi connectivity index (χ4n) is 0.996. The molecule has 0 aliphatic carbocycles. The van der Waals surface area contributed by atoms with E-state index in [9.17, 15) is 0 Å². The summed E-state index contributed by atoms with van der Waals surface area (Å²) in [5.41, 5.74) is 0.981. The number of rotatable bonds is 4. The van der Waals surface area contributed by atoms with E-state index in [1.165, 1.54) is 0 Å². The number of benzene rings is 1. The third-order valence-corrected chi connectivity index (χ3v) is 1.64. The van der Waals surface area contributed by atoms with Crippen molar-refractivity contribution in [2.45, 2.75) is 6.42 Å². The van der Waals surface area contributed by atoms with Crippen molar-refractivity contribution in [2.24, 2.45) is 0 Å². The Hall–Kier alpha value is -1.69. The number of nitrogens with zero attached hydrogens (tertiary/aromatic N) is 1. The van der Waals surface area contributed by atoms with Crippen molar-refractivity contribution in [3.63, 3.8) is 0 Å². The molecule has 1 aromatic rings. The van der Waals surface area contributed by atoms with Crippen molar-refractivity contribution in [3.8, 4) is 11.8 Å². The lowest BCUT2D eigenvalue weighted by Crippen LogP contribution is -1.99. The molecular formula is C10H12N2O. The lowest BCUT2D eigenvalue weighted by molar-refractivity contribution is 0.415. The van der Waals surface area contributed by atoms with Crippen molar-refractivity contribution in [1.29, 1.82) is 5.26 Å². The summed E-state index contributed by atoms with van der Waals surface area (Å²) >= 11 is 0. The maximum Gasteiger partial charge on any atom is 0.120 e. The quantitative estimate of drug-likeness (QED) is 0.714. The standard InChI is InChI=1S/C10H12N2O/c1-13-10-5-2-4-9(8-10)12-7-3-6-11/h2,4-5,8,12H,3,7H2,1H3. The lowest BCUT2D eigenvalue weighted by Gasteiger charge is -2.05. The van der Waals surface area contributed by atoms with E-state index in [1.54, 1.807) is 7.11 Å². The maximum atomic E-state index is 8.33. The van der Waals surface area contributed by atoms with Gasteiger partial charge in [0.05, 0.1) is 19.6 Å². The molecule has 0 heterocycles. The van der Waals surface area contributed by atoms with E-state index in [4.69, 9.17) is 10.00 Å². The van der Waals surface area contributed by atoms with E-state index in [1.807, 2.05) is 24.3 Å². The van der Waals surface area contributed by atoms with Gasteiger partial charge in [-0.15, -0.1) is 0 Å². The van der Waals surface area contributed by atoms with Gasteiger partial charge in [-0.1, -0.05) is 6.07 Å². The molecule has 0 amide bonds. The van der Waals surface area contributed by atoms with Crippen LogP contribution < -0.4 is 10.1 Å². The van der Waals surface area contributed by atoms with Crippen LogP contribution in [0.25, 0.3) is 0 Å². The lowest BCUT2D eigenvalue weighted by atomic mass is 10.3. The summed E-state index contributed by atoms with van der Waals surface area (Å²) in [6, 6.07) is 9.71. The van der Waals surface area contributed by atoms with Crippen LogP contribution in [0.2, 0.25) is 0 Å². The largest absolute Gasteiger partial charge is 0.497 e. The molecule has 0 aliphatic heterocycles.